The van der Waals surface area contributed by atoms with E-state index in [-0.39, 0.29) is 6.10 Å². The first-order valence-corrected chi connectivity index (χ1v) is 7.89. The monoisotopic (exact) mass is 284 g/mol. The zero-order valence-corrected chi connectivity index (χ0v) is 13.2. The Hall–Kier alpha value is -1.17. The van der Waals surface area contributed by atoms with Crippen LogP contribution in [-0.4, -0.2) is 41.2 Å². The molecule has 1 rings (SSSR count). The molecule has 0 radical (unpaired) electrons. The molecule has 0 aromatic carbocycles. The standard InChI is InChI=1S/C13H24N4OS/c1-6-10(7-19-5)17(4)12-11(14)13(16-8-15-12)18-9(2)3/h8-10H,6-7,14H2,1-5H3. The van der Waals surface area contributed by atoms with Crippen LogP contribution in [0.5, 0.6) is 5.88 Å². The summed E-state index contributed by atoms with van der Waals surface area (Å²) in [6.07, 6.45) is 4.70. The average molecular weight is 284 g/mol. The molecule has 2 N–H and O–H groups in total. The number of hydrogen-bond acceptors (Lipinski definition) is 6. The molecule has 0 saturated heterocycles. The summed E-state index contributed by atoms with van der Waals surface area (Å²) < 4.78 is 5.60. The van der Waals surface area contributed by atoms with E-state index in [1.54, 1.807) is 0 Å². The van der Waals surface area contributed by atoms with Crippen molar-refractivity contribution in [2.75, 3.05) is 29.7 Å². The van der Waals surface area contributed by atoms with Gasteiger partial charge >= 0.3 is 0 Å². The second kappa shape index (κ2) is 7.43. The Labute approximate surface area is 119 Å². The van der Waals surface area contributed by atoms with Crippen LogP contribution < -0.4 is 15.4 Å². The van der Waals surface area contributed by atoms with Gasteiger partial charge in [-0.1, -0.05) is 6.92 Å². The lowest BCUT2D eigenvalue weighted by Crippen LogP contribution is -2.34. The van der Waals surface area contributed by atoms with Gasteiger partial charge in [0.25, 0.3) is 0 Å². The third-order valence-electron chi connectivity index (χ3n) is 2.89. The van der Waals surface area contributed by atoms with Crippen LogP contribution in [0.25, 0.3) is 0 Å². The van der Waals surface area contributed by atoms with Crippen molar-refractivity contribution in [3.63, 3.8) is 0 Å². The molecule has 19 heavy (non-hydrogen) atoms. The number of nitrogens with zero attached hydrogens (tertiary/aromatic N) is 3. The molecule has 0 aliphatic rings. The van der Waals surface area contributed by atoms with Gasteiger partial charge in [0, 0.05) is 18.8 Å². The smallest absolute Gasteiger partial charge is 0.242 e. The highest BCUT2D eigenvalue weighted by Gasteiger charge is 2.19. The molecule has 1 aromatic rings. The molecular weight excluding hydrogens is 260 g/mol. The molecule has 6 heteroatoms. The van der Waals surface area contributed by atoms with Crippen LogP contribution in [0.1, 0.15) is 27.2 Å². The predicted molar refractivity (Wildman–Crippen MR) is 83.1 cm³/mol. The highest BCUT2D eigenvalue weighted by atomic mass is 32.2. The van der Waals surface area contributed by atoms with Crippen molar-refractivity contribution < 1.29 is 4.74 Å². The first-order valence-electron chi connectivity index (χ1n) is 6.50. The molecule has 1 heterocycles. The molecule has 0 amide bonds. The maximum Gasteiger partial charge on any atom is 0.242 e. The van der Waals surface area contributed by atoms with Gasteiger partial charge in [0.2, 0.25) is 5.88 Å². The van der Waals surface area contributed by atoms with E-state index < -0.39 is 0 Å². The lowest BCUT2D eigenvalue weighted by atomic mass is 10.2. The van der Waals surface area contributed by atoms with Gasteiger partial charge in [0.15, 0.2) is 5.82 Å². The highest BCUT2D eigenvalue weighted by molar-refractivity contribution is 7.98. The number of ether oxygens (including phenoxy) is 1. The summed E-state index contributed by atoms with van der Waals surface area (Å²) in [6.45, 7) is 6.07. The molecule has 1 unspecified atom stereocenters. The number of nitrogens with two attached hydrogens (primary N) is 1. The Kier molecular flexibility index (Phi) is 6.21. The third-order valence-corrected chi connectivity index (χ3v) is 3.60. The van der Waals surface area contributed by atoms with Crippen LogP contribution in [0.2, 0.25) is 0 Å². The van der Waals surface area contributed by atoms with Gasteiger partial charge in [-0.05, 0) is 26.5 Å². The number of nitrogen functional groups attached to an aromatic ring is 1. The molecule has 1 aromatic heterocycles. The fourth-order valence-electron chi connectivity index (χ4n) is 1.84. The molecule has 0 aliphatic carbocycles. The van der Waals surface area contributed by atoms with Crippen molar-refractivity contribution in [1.82, 2.24) is 9.97 Å². The quantitative estimate of drug-likeness (QED) is 0.829. The molecule has 0 aliphatic heterocycles. The molecule has 0 saturated carbocycles. The lowest BCUT2D eigenvalue weighted by molar-refractivity contribution is 0.234. The number of thioether (sulfide) groups is 1. The molecular formula is C13H24N4OS. The summed E-state index contributed by atoms with van der Waals surface area (Å²) in [5, 5.41) is 0. The summed E-state index contributed by atoms with van der Waals surface area (Å²) in [5.74, 6) is 2.24. The topological polar surface area (TPSA) is 64.3 Å². The first-order chi connectivity index (χ1) is 9.01. The second-order valence-electron chi connectivity index (χ2n) is 4.71. The van der Waals surface area contributed by atoms with Gasteiger partial charge in [-0.3, -0.25) is 0 Å². The van der Waals surface area contributed by atoms with Gasteiger partial charge in [-0.25, -0.2) is 4.98 Å². The zero-order valence-electron chi connectivity index (χ0n) is 12.4. The largest absolute Gasteiger partial charge is 0.473 e. The number of anilines is 2. The fraction of sp³-hybridized carbons (Fsp3) is 0.692. The molecule has 1 atom stereocenters. The molecule has 108 valence electrons. The minimum atomic E-state index is 0.0449. The summed E-state index contributed by atoms with van der Waals surface area (Å²) in [6, 6.07) is 0.402. The van der Waals surface area contributed by atoms with E-state index in [0.29, 0.717) is 17.6 Å². The van der Waals surface area contributed by atoms with E-state index in [1.807, 2.05) is 32.7 Å². The highest BCUT2D eigenvalue weighted by Crippen LogP contribution is 2.29. The van der Waals surface area contributed by atoms with Crippen LogP contribution in [-0.2, 0) is 0 Å². The number of aromatic nitrogens is 2. The van der Waals surface area contributed by atoms with Crippen LogP contribution in [0, 0.1) is 0 Å². The molecule has 0 bridgehead atoms. The van der Waals surface area contributed by atoms with Crippen LogP contribution >= 0.6 is 11.8 Å². The number of rotatable bonds is 7. The Morgan fingerprint density at radius 3 is 2.63 bits per heavy atom. The van der Waals surface area contributed by atoms with E-state index in [1.165, 1.54) is 6.33 Å². The Morgan fingerprint density at radius 2 is 2.11 bits per heavy atom. The van der Waals surface area contributed by atoms with Crippen molar-refractivity contribution >= 4 is 23.3 Å². The van der Waals surface area contributed by atoms with Crippen molar-refractivity contribution in [2.45, 2.75) is 39.3 Å². The van der Waals surface area contributed by atoms with Crippen LogP contribution in [0.3, 0.4) is 0 Å². The maximum absolute atomic E-state index is 6.12. The Morgan fingerprint density at radius 1 is 1.42 bits per heavy atom. The van der Waals surface area contributed by atoms with Crippen LogP contribution in [0.4, 0.5) is 11.5 Å². The van der Waals surface area contributed by atoms with Crippen molar-refractivity contribution in [3.8, 4) is 5.88 Å². The predicted octanol–water partition coefficient (Wildman–Crippen LogP) is 2.42. The Balaban J connectivity index is 2.99. The van der Waals surface area contributed by atoms with E-state index in [0.717, 1.165) is 18.0 Å². The average Bonchev–Trinajstić information content (AvgIpc) is 2.37. The molecule has 5 nitrogen and oxygen atoms in total. The van der Waals surface area contributed by atoms with Crippen molar-refractivity contribution in [2.24, 2.45) is 0 Å². The van der Waals surface area contributed by atoms with Crippen LogP contribution in [0.15, 0.2) is 6.33 Å². The lowest BCUT2D eigenvalue weighted by Gasteiger charge is -2.29. The van der Waals surface area contributed by atoms with E-state index in [4.69, 9.17) is 10.5 Å². The normalized spacial score (nSPS) is 12.5. The minimum Gasteiger partial charge on any atom is -0.473 e. The third kappa shape index (κ3) is 4.16. The minimum absolute atomic E-state index is 0.0449. The number of hydrogen-bond donors (Lipinski definition) is 1. The van der Waals surface area contributed by atoms with E-state index in [9.17, 15) is 0 Å². The first kappa shape index (κ1) is 15.9. The molecule has 0 fully saturated rings. The summed E-state index contributed by atoms with van der Waals surface area (Å²) in [4.78, 5) is 10.5. The maximum atomic E-state index is 6.12. The van der Waals surface area contributed by atoms with Crippen molar-refractivity contribution in [1.29, 1.82) is 0 Å². The van der Waals surface area contributed by atoms with Gasteiger partial charge in [-0.2, -0.15) is 16.7 Å². The van der Waals surface area contributed by atoms with Gasteiger partial charge in [-0.15, -0.1) is 0 Å². The summed E-state index contributed by atoms with van der Waals surface area (Å²) >= 11 is 1.82. The summed E-state index contributed by atoms with van der Waals surface area (Å²) in [5.41, 5.74) is 6.63. The van der Waals surface area contributed by atoms with Gasteiger partial charge < -0.3 is 15.4 Å². The van der Waals surface area contributed by atoms with Gasteiger partial charge in [0.1, 0.15) is 12.0 Å². The Bertz CT molecular complexity index is 400. The zero-order chi connectivity index (χ0) is 14.4. The van der Waals surface area contributed by atoms with Gasteiger partial charge in [0.05, 0.1) is 6.10 Å². The van der Waals surface area contributed by atoms with E-state index >= 15 is 0 Å². The second-order valence-corrected chi connectivity index (χ2v) is 5.62. The summed E-state index contributed by atoms with van der Waals surface area (Å²) in [7, 11) is 2.02. The van der Waals surface area contributed by atoms with Crippen molar-refractivity contribution in [3.05, 3.63) is 6.33 Å². The SMILES string of the molecule is CCC(CSC)N(C)c1ncnc(OC(C)C)c1N. The van der Waals surface area contributed by atoms with E-state index in [2.05, 4.69) is 28.0 Å². The fourth-order valence-corrected chi connectivity index (χ4v) is 2.68. The molecule has 0 spiro atoms.